The summed E-state index contributed by atoms with van der Waals surface area (Å²) in [4.78, 5) is 14.5. The number of benzene rings is 1. The van der Waals surface area contributed by atoms with Crippen molar-refractivity contribution in [1.29, 1.82) is 0 Å². The van der Waals surface area contributed by atoms with Crippen LogP contribution in [0.2, 0.25) is 0 Å². The molecule has 6 nitrogen and oxygen atoms in total. The van der Waals surface area contributed by atoms with E-state index in [-0.39, 0.29) is 17.6 Å². The van der Waals surface area contributed by atoms with Gasteiger partial charge in [0, 0.05) is 51.4 Å². The van der Waals surface area contributed by atoms with Crippen molar-refractivity contribution < 1.29 is 9.53 Å². The quantitative estimate of drug-likeness (QED) is 0.776. The number of carbonyl (C=O) groups excluding carboxylic acids is 1. The first-order valence-electron chi connectivity index (χ1n) is 8.68. The Bertz CT molecular complexity index is 672. The standard InChI is InChI=1S/C19H24N4O2/c1-3-4-10-19(21-22-19)11-9-18(24)23-13-12-20-17(14-23)15-5-7-16(25-2)8-6-15/h1,5-8,17,20H,4,9-14H2,2H3. The zero-order chi connectivity index (χ0) is 17.7. The average Bonchev–Trinajstić information content (AvgIpc) is 3.45. The summed E-state index contributed by atoms with van der Waals surface area (Å²) < 4.78 is 5.20. The molecule has 0 bridgehead atoms. The number of piperazine rings is 1. The van der Waals surface area contributed by atoms with Gasteiger partial charge >= 0.3 is 0 Å². The molecule has 2 aliphatic rings. The van der Waals surface area contributed by atoms with Gasteiger partial charge in [0.2, 0.25) is 5.91 Å². The molecule has 1 saturated heterocycles. The zero-order valence-electron chi connectivity index (χ0n) is 14.6. The first-order valence-corrected chi connectivity index (χ1v) is 8.68. The van der Waals surface area contributed by atoms with Gasteiger partial charge in [0.25, 0.3) is 0 Å². The van der Waals surface area contributed by atoms with Crippen LogP contribution in [0.1, 0.15) is 37.3 Å². The topological polar surface area (TPSA) is 66.3 Å². The summed E-state index contributed by atoms with van der Waals surface area (Å²) in [6.45, 7) is 2.20. The lowest BCUT2D eigenvalue weighted by Crippen LogP contribution is -2.48. The van der Waals surface area contributed by atoms with Crippen LogP contribution in [0.15, 0.2) is 34.5 Å². The number of ether oxygens (including phenoxy) is 1. The lowest BCUT2D eigenvalue weighted by Gasteiger charge is -2.34. The lowest BCUT2D eigenvalue weighted by molar-refractivity contribution is -0.132. The van der Waals surface area contributed by atoms with Crippen LogP contribution in [-0.2, 0) is 4.79 Å². The van der Waals surface area contributed by atoms with E-state index >= 15 is 0 Å². The van der Waals surface area contributed by atoms with E-state index in [1.54, 1.807) is 7.11 Å². The molecule has 1 unspecified atom stereocenters. The number of hydrogen-bond donors (Lipinski definition) is 1. The molecule has 2 aliphatic heterocycles. The Kier molecular flexibility index (Phi) is 5.34. The normalized spacial score (nSPS) is 20.8. The van der Waals surface area contributed by atoms with Gasteiger partial charge in [-0.2, -0.15) is 10.2 Å². The van der Waals surface area contributed by atoms with Crippen molar-refractivity contribution in [2.45, 2.75) is 37.4 Å². The summed E-state index contributed by atoms with van der Waals surface area (Å²) in [6, 6.07) is 8.13. The Labute approximate surface area is 148 Å². The van der Waals surface area contributed by atoms with Gasteiger partial charge in [-0.3, -0.25) is 4.79 Å². The maximum absolute atomic E-state index is 12.6. The minimum absolute atomic E-state index is 0.148. The summed E-state index contributed by atoms with van der Waals surface area (Å²) in [5.74, 6) is 3.61. The molecule has 0 spiro atoms. The number of terminal acetylenes is 1. The maximum Gasteiger partial charge on any atom is 0.222 e. The molecule has 1 aromatic carbocycles. The van der Waals surface area contributed by atoms with Gasteiger partial charge < -0.3 is 15.0 Å². The van der Waals surface area contributed by atoms with Crippen LogP contribution in [0.25, 0.3) is 0 Å². The molecular formula is C19H24N4O2. The van der Waals surface area contributed by atoms with Gasteiger partial charge in [-0.15, -0.1) is 12.3 Å². The number of nitrogens with one attached hydrogen (secondary N) is 1. The van der Waals surface area contributed by atoms with Gasteiger partial charge in [0.1, 0.15) is 5.75 Å². The predicted octanol–water partition coefficient (Wildman–Crippen LogP) is 2.52. The third-order valence-electron chi connectivity index (χ3n) is 4.84. The van der Waals surface area contributed by atoms with Crippen molar-refractivity contribution in [3.8, 4) is 18.1 Å². The number of rotatable bonds is 7. The molecule has 0 radical (unpaired) electrons. The molecule has 1 fully saturated rings. The highest BCUT2D eigenvalue weighted by atomic mass is 16.5. The van der Waals surface area contributed by atoms with Crippen molar-refractivity contribution in [2.24, 2.45) is 10.2 Å². The van der Waals surface area contributed by atoms with E-state index in [0.717, 1.165) is 30.8 Å². The molecule has 0 aromatic heterocycles. The molecule has 0 aliphatic carbocycles. The van der Waals surface area contributed by atoms with E-state index < -0.39 is 0 Å². The smallest absolute Gasteiger partial charge is 0.222 e. The van der Waals surface area contributed by atoms with E-state index in [1.807, 2.05) is 29.2 Å². The van der Waals surface area contributed by atoms with Crippen LogP contribution in [-0.4, -0.2) is 43.2 Å². The third kappa shape index (κ3) is 4.37. The Balaban J connectivity index is 1.52. The first kappa shape index (κ1) is 17.4. The van der Waals surface area contributed by atoms with Gasteiger partial charge in [-0.05, 0) is 17.7 Å². The van der Waals surface area contributed by atoms with E-state index in [9.17, 15) is 4.79 Å². The van der Waals surface area contributed by atoms with Gasteiger partial charge in [0.05, 0.1) is 7.11 Å². The van der Waals surface area contributed by atoms with E-state index in [2.05, 4.69) is 21.5 Å². The lowest BCUT2D eigenvalue weighted by atomic mass is 10.0. The summed E-state index contributed by atoms with van der Waals surface area (Å²) in [7, 11) is 1.66. The maximum atomic E-state index is 12.6. The van der Waals surface area contributed by atoms with Crippen molar-refractivity contribution >= 4 is 5.91 Å². The SMILES string of the molecule is C#CCCC1(CCC(=O)N2CCNC(c3ccc(OC)cc3)C2)N=N1. The predicted molar refractivity (Wildman–Crippen MR) is 95.2 cm³/mol. The Morgan fingerprint density at radius 2 is 2.16 bits per heavy atom. The second kappa shape index (κ2) is 7.66. The number of amides is 1. The molecule has 3 rings (SSSR count). The Hall–Kier alpha value is -2.39. The second-order valence-electron chi connectivity index (χ2n) is 6.51. The summed E-state index contributed by atoms with van der Waals surface area (Å²) in [5, 5.41) is 11.7. The molecule has 2 heterocycles. The summed E-state index contributed by atoms with van der Waals surface area (Å²) in [6.07, 6.45) is 7.81. The zero-order valence-corrected chi connectivity index (χ0v) is 14.6. The van der Waals surface area contributed by atoms with Crippen LogP contribution in [0.4, 0.5) is 0 Å². The molecule has 6 heteroatoms. The first-order chi connectivity index (χ1) is 12.2. The second-order valence-corrected chi connectivity index (χ2v) is 6.51. The Morgan fingerprint density at radius 3 is 2.80 bits per heavy atom. The molecule has 1 aromatic rings. The fourth-order valence-corrected chi connectivity index (χ4v) is 3.17. The minimum Gasteiger partial charge on any atom is -0.497 e. The highest BCUT2D eigenvalue weighted by molar-refractivity contribution is 5.76. The molecule has 1 amide bonds. The summed E-state index contributed by atoms with van der Waals surface area (Å²) >= 11 is 0. The molecule has 0 saturated carbocycles. The monoisotopic (exact) mass is 340 g/mol. The third-order valence-corrected chi connectivity index (χ3v) is 4.84. The van der Waals surface area contributed by atoms with Crippen LogP contribution in [0, 0.1) is 12.3 Å². The average molecular weight is 340 g/mol. The van der Waals surface area contributed by atoms with Gasteiger partial charge in [0.15, 0.2) is 5.66 Å². The van der Waals surface area contributed by atoms with Crippen LogP contribution in [0.3, 0.4) is 0 Å². The van der Waals surface area contributed by atoms with Crippen molar-refractivity contribution in [3.63, 3.8) is 0 Å². The van der Waals surface area contributed by atoms with Crippen LogP contribution < -0.4 is 10.1 Å². The van der Waals surface area contributed by atoms with Crippen molar-refractivity contribution in [3.05, 3.63) is 29.8 Å². The van der Waals surface area contributed by atoms with Crippen molar-refractivity contribution in [2.75, 3.05) is 26.7 Å². The fourth-order valence-electron chi connectivity index (χ4n) is 3.17. The fraction of sp³-hybridized carbons (Fsp3) is 0.526. The highest BCUT2D eigenvalue weighted by Crippen LogP contribution is 2.37. The number of hydrogen-bond acceptors (Lipinski definition) is 5. The van der Waals surface area contributed by atoms with Crippen molar-refractivity contribution in [1.82, 2.24) is 10.2 Å². The number of methoxy groups -OCH3 is 1. The summed E-state index contributed by atoms with van der Waals surface area (Å²) in [5.41, 5.74) is 0.779. The van der Waals surface area contributed by atoms with E-state index in [1.165, 1.54) is 0 Å². The number of nitrogens with zero attached hydrogens (tertiary/aromatic N) is 3. The highest BCUT2D eigenvalue weighted by Gasteiger charge is 2.39. The van der Waals surface area contributed by atoms with Gasteiger partial charge in [-0.1, -0.05) is 12.1 Å². The van der Waals surface area contributed by atoms with Crippen LogP contribution >= 0.6 is 0 Å². The molecule has 1 N–H and O–H groups in total. The van der Waals surface area contributed by atoms with Crippen LogP contribution in [0.5, 0.6) is 5.75 Å². The van der Waals surface area contributed by atoms with E-state index in [0.29, 0.717) is 25.8 Å². The molecule has 132 valence electrons. The molecular weight excluding hydrogens is 316 g/mol. The Morgan fingerprint density at radius 1 is 1.40 bits per heavy atom. The largest absolute Gasteiger partial charge is 0.497 e. The van der Waals surface area contributed by atoms with E-state index in [4.69, 9.17) is 11.2 Å². The van der Waals surface area contributed by atoms with Gasteiger partial charge in [-0.25, -0.2) is 0 Å². The number of carbonyl (C=O) groups is 1. The molecule has 1 atom stereocenters. The minimum atomic E-state index is -0.383. The molecule has 25 heavy (non-hydrogen) atoms.